The van der Waals surface area contributed by atoms with E-state index >= 15 is 0 Å². The lowest BCUT2D eigenvalue weighted by atomic mass is 10.2. The number of ether oxygens (including phenoxy) is 1. The molecule has 1 N–H and O–H groups in total. The first-order chi connectivity index (χ1) is 16.2. The van der Waals surface area contributed by atoms with Crippen molar-refractivity contribution in [1.29, 1.82) is 0 Å². The molecule has 0 radical (unpaired) electrons. The molecule has 4 aromatic rings. The molecule has 1 unspecified atom stereocenters. The van der Waals surface area contributed by atoms with E-state index in [9.17, 15) is 9.18 Å². The molecule has 0 spiro atoms. The zero-order valence-corrected chi connectivity index (χ0v) is 17.6. The molecular formula is C25H21FN4O3. The molecule has 1 saturated heterocycles. The van der Waals surface area contributed by atoms with Crippen LogP contribution in [0.4, 0.5) is 14.9 Å². The van der Waals surface area contributed by atoms with E-state index in [4.69, 9.17) is 9.26 Å². The number of benzene rings is 3. The third kappa shape index (κ3) is 4.69. The van der Waals surface area contributed by atoms with E-state index in [0.717, 1.165) is 11.1 Å². The van der Waals surface area contributed by atoms with Gasteiger partial charge in [-0.05, 0) is 48.5 Å². The van der Waals surface area contributed by atoms with Gasteiger partial charge in [-0.15, -0.1) is 0 Å². The Balaban J connectivity index is 1.18. The Morgan fingerprint density at radius 2 is 1.76 bits per heavy atom. The molecule has 2 heterocycles. The number of likely N-dealkylation sites (tertiary alicyclic amines) is 1. The van der Waals surface area contributed by atoms with E-state index < -0.39 is 5.82 Å². The molecule has 0 bridgehead atoms. The molecule has 1 aliphatic rings. The van der Waals surface area contributed by atoms with Crippen LogP contribution in [0.25, 0.3) is 22.8 Å². The highest BCUT2D eigenvalue weighted by Gasteiger charge is 2.28. The smallest absolute Gasteiger partial charge is 0.322 e. The van der Waals surface area contributed by atoms with Gasteiger partial charge in [0.1, 0.15) is 17.7 Å². The number of hydrogen-bond acceptors (Lipinski definition) is 5. The van der Waals surface area contributed by atoms with Crippen LogP contribution in [0.2, 0.25) is 0 Å². The second-order valence-corrected chi connectivity index (χ2v) is 7.70. The summed E-state index contributed by atoms with van der Waals surface area (Å²) in [5.74, 6) is 1.19. The number of carbonyl (C=O) groups excluding carboxylic acids is 1. The number of carbonyl (C=O) groups is 1. The molecule has 1 aliphatic heterocycles. The molecule has 0 saturated carbocycles. The number of halogens is 1. The predicted molar refractivity (Wildman–Crippen MR) is 121 cm³/mol. The first-order valence-electron chi connectivity index (χ1n) is 10.6. The second kappa shape index (κ2) is 9.12. The third-order valence-corrected chi connectivity index (χ3v) is 5.41. The molecule has 5 rings (SSSR count). The Kier molecular flexibility index (Phi) is 5.72. The quantitative estimate of drug-likeness (QED) is 0.456. The Morgan fingerprint density at radius 3 is 2.55 bits per heavy atom. The fourth-order valence-electron chi connectivity index (χ4n) is 3.68. The first-order valence-corrected chi connectivity index (χ1v) is 10.6. The molecule has 1 fully saturated rings. The van der Waals surface area contributed by atoms with Gasteiger partial charge in [0.2, 0.25) is 5.82 Å². The first kappa shape index (κ1) is 20.7. The molecule has 0 aliphatic carbocycles. The van der Waals surface area contributed by atoms with E-state index in [1.165, 1.54) is 12.1 Å². The van der Waals surface area contributed by atoms with E-state index in [0.29, 0.717) is 37.0 Å². The number of urea groups is 1. The SMILES string of the molecule is O=C(Nc1ccccc1F)N1CCC(Oc2ccc(-c3noc(-c4ccccc4)n3)cc2)C1. The highest BCUT2D eigenvalue weighted by atomic mass is 19.1. The number of para-hydroxylation sites is 1. The van der Waals surface area contributed by atoms with Gasteiger partial charge < -0.3 is 19.5 Å². The zero-order chi connectivity index (χ0) is 22.6. The number of nitrogens with one attached hydrogen (secondary N) is 1. The third-order valence-electron chi connectivity index (χ3n) is 5.41. The van der Waals surface area contributed by atoms with Crippen LogP contribution in [0.5, 0.6) is 5.75 Å². The molecule has 33 heavy (non-hydrogen) atoms. The van der Waals surface area contributed by atoms with E-state index in [1.54, 1.807) is 17.0 Å². The lowest BCUT2D eigenvalue weighted by Crippen LogP contribution is -2.34. The summed E-state index contributed by atoms with van der Waals surface area (Å²) >= 11 is 0. The van der Waals surface area contributed by atoms with Crippen LogP contribution >= 0.6 is 0 Å². The van der Waals surface area contributed by atoms with Crippen molar-refractivity contribution in [3.63, 3.8) is 0 Å². The van der Waals surface area contributed by atoms with Gasteiger partial charge in [-0.2, -0.15) is 4.98 Å². The van der Waals surface area contributed by atoms with E-state index in [2.05, 4.69) is 15.5 Å². The standard InChI is InChI=1S/C25H21FN4O3/c26-21-8-4-5-9-22(21)27-25(31)30-15-14-20(16-30)32-19-12-10-17(11-13-19)23-28-24(33-29-23)18-6-2-1-3-7-18/h1-13,20H,14-16H2,(H,27,31). The number of aromatic nitrogens is 2. The zero-order valence-electron chi connectivity index (χ0n) is 17.6. The van der Waals surface area contributed by atoms with Crippen molar-refractivity contribution in [3.8, 4) is 28.6 Å². The van der Waals surface area contributed by atoms with Crippen molar-refractivity contribution in [1.82, 2.24) is 15.0 Å². The fraction of sp³-hybridized carbons (Fsp3) is 0.160. The summed E-state index contributed by atoms with van der Waals surface area (Å²) in [6.07, 6.45) is 0.551. The number of anilines is 1. The van der Waals surface area contributed by atoms with Crippen molar-refractivity contribution in [2.24, 2.45) is 0 Å². The fourth-order valence-corrected chi connectivity index (χ4v) is 3.68. The monoisotopic (exact) mass is 444 g/mol. The van der Waals surface area contributed by atoms with Crippen molar-refractivity contribution >= 4 is 11.7 Å². The highest BCUT2D eigenvalue weighted by molar-refractivity contribution is 5.89. The van der Waals surface area contributed by atoms with Crippen LogP contribution in [0.3, 0.4) is 0 Å². The maximum atomic E-state index is 13.8. The molecular weight excluding hydrogens is 423 g/mol. The Hall–Kier alpha value is -4.20. The minimum atomic E-state index is -0.463. The van der Waals surface area contributed by atoms with Gasteiger partial charge >= 0.3 is 6.03 Å². The number of rotatable bonds is 5. The van der Waals surface area contributed by atoms with Crippen LogP contribution in [0, 0.1) is 5.82 Å². The van der Waals surface area contributed by atoms with Crippen LogP contribution in [0.15, 0.2) is 83.4 Å². The average molecular weight is 444 g/mol. The lowest BCUT2D eigenvalue weighted by Gasteiger charge is -2.18. The largest absolute Gasteiger partial charge is 0.489 e. The molecule has 8 heteroatoms. The topological polar surface area (TPSA) is 80.5 Å². The summed E-state index contributed by atoms with van der Waals surface area (Å²) in [6.45, 7) is 0.960. The summed E-state index contributed by atoms with van der Waals surface area (Å²) in [6, 6.07) is 22.8. The van der Waals surface area contributed by atoms with Crippen molar-refractivity contribution in [2.75, 3.05) is 18.4 Å². The van der Waals surface area contributed by atoms with Gasteiger partial charge in [0.15, 0.2) is 0 Å². The summed E-state index contributed by atoms with van der Waals surface area (Å²) in [4.78, 5) is 18.5. The van der Waals surface area contributed by atoms with E-state index in [1.807, 2.05) is 54.6 Å². The van der Waals surface area contributed by atoms with Gasteiger partial charge in [0.05, 0.1) is 12.2 Å². The van der Waals surface area contributed by atoms with Crippen molar-refractivity contribution < 1.29 is 18.4 Å². The maximum absolute atomic E-state index is 13.8. The molecule has 2 amide bonds. The minimum absolute atomic E-state index is 0.142. The van der Waals surface area contributed by atoms with Gasteiger partial charge in [-0.25, -0.2) is 9.18 Å². The summed E-state index contributed by atoms with van der Waals surface area (Å²) in [5.41, 5.74) is 1.84. The van der Waals surface area contributed by atoms with Crippen molar-refractivity contribution in [3.05, 3.63) is 84.7 Å². The molecule has 3 aromatic carbocycles. The molecule has 166 valence electrons. The van der Waals surface area contributed by atoms with Crippen LogP contribution < -0.4 is 10.1 Å². The van der Waals surface area contributed by atoms with Crippen LogP contribution in [-0.2, 0) is 0 Å². The summed E-state index contributed by atoms with van der Waals surface area (Å²) in [7, 11) is 0. The number of hydrogen-bond donors (Lipinski definition) is 1. The van der Waals surface area contributed by atoms with E-state index in [-0.39, 0.29) is 17.8 Å². The van der Waals surface area contributed by atoms with Crippen LogP contribution in [0.1, 0.15) is 6.42 Å². The van der Waals surface area contributed by atoms with Crippen LogP contribution in [-0.4, -0.2) is 40.3 Å². The molecule has 1 atom stereocenters. The highest BCUT2D eigenvalue weighted by Crippen LogP contribution is 2.25. The maximum Gasteiger partial charge on any atom is 0.322 e. The predicted octanol–water partition coefficient (Wildman–Crippen LogP) is 5.23. The Bertz CT molecular complexity index is 1240. The summed E-state index contributed by atoms with van der Waals surface area (Å²) < 4.78 is 25.2. The summed E-state index contributed by atoms with van der Waals surface area (Å²) in [5, 5.41) is 6.67. The molecule has 7 nitrogen and oxygen atoms in total. The van der Waals surface area contributed by atoms with Gasteiger partial charge in [0, 0.05) is 24.1 Å². The Labute approximate surface area is 189 Å². The van der Waals surface area contributed by atoms with Gasteiger partial charge in [-0.1, -0.05) is 35.5 Å². The lowest BCUT2D eigenvalue weighted by molar-refractivity contribution is 0.195. The van der Waals surface area contributed by atoms with Crippen molar-refractivity contribution in [2.45, 2.75) is 12.5 Å². The average Bonchev–Trinajstić information content (AvgIpc) is 3.52. The number of amides is 2. The minimum Gasteiger partial charge on any atom is -0.489 e. The van der Waals surface area contributed by atoms with Gasteiger partial charge in [-0.3, -0.25) is 0 Å². The second-order valence-electron chi connectivity index (χ2n) is 7.70. The molecule has 1 aromatic heterocycles. The normalized spacial score (nSPS) is 15.4. The Morgan fingerprint density at radius 1 is 1.00 bits per heavy atom. The van der Waals surface area contributed by atoms with Gasteiger partial charge in [0.25, 0.3) is 5.89 Å². The number of nitrogens with zero attached hydrogens (tertiary/aromatic N) is 3.